The lowest BCUT2D eigenvalue weighted by Crippen LogP contribution is -2.57. The number of aliphatic imine (C=N–C) groups is 1. The summed E-state index contributed by atoms with van der Waals surface area (Å²) in [5.74, 6) is -11.9. The normalized spacial score (nSPS) is 23.3. The number of hydrogen-bond acceptors (Lipinski definition) is 13. The molecule has 2 aromatic rings. The van der Waals surface area contributed by atoms with Crippen molar-refractivity contribution in [3.05, 3.63) is 102 Å². The van der Waals surface area contributed by atoms with Crippen molar-refractivity contribution in [1.29, 1.82) is 0 Å². The number of aryl methyl sites for hydroxylation is 1. The van der Waals surface area contributed by atoms with Gasteiger partial charge in [-0.25, -0.2) is 9.59 Å². The van der Waals surface area contributed by atoms with Gasteiger partial charge in [0.15, 0.2) is 5.96 Å². The number of methoxy groups -OCH3 is 1. The molecule has 0 aliphatic carbocycles. The van der Waals surface area contributed by atoms with Crippen LogP contribution in [0.4, 0.5) is 0 Å². The third-order valence-corrected chi connectivity index (χ3v) is 12.5. The second-order valence-corrected chi connectivity index (χ2v) is 18.4. The third-order valence-electron chi connectivity index (χ3n) is 12.5. The lowest BCUT2D eigenvalue weighted by Gasteiger charge is -2.27. The van der Waals surface area contributed by atoms with Gasteiger partial charge in [-0.3, -0.25) is 38.6 Å². The number of phenols is 1. The van der Waals surface area contributed by atoms with Gasteiger partial charge in [-0.05, 0) is 68.7 Å². The molecule has 1 aliphatic rings. The van der Waals surface area contributed by atoms with Crippen LogP contribution in [0, 0.1) is 11.8 Å². The van der Waals surface area contributed by atoms with E-state index in [0.29, 0.717) is 17.6 Å². The van der Waals surface area contributed by atoms with Crippen LogP contribution in [0.25, 0.3) is 0 Å². The summed E-state index contributed by atoms with van der Waals surface area (Å²) in [4.78, 5) is 126. The Balaban J connectivity index is 2.12. The number of likely N-dealkylation sites (N-methyl/N-ethyl adjacent to an activating group) is 1. The zero-order valence-electron chi connectivity index (χ0n) is 43.3. The maximum Gasteiger partial charge on any atom is 0.326 e. The fourth-order valence-corrected chi connectivity index (χ4v) is 7.86. The van der Waals surface area contributed by atoms with E-state index in [1.165, 1.54) is 37.3 Å². The maximum absolute atomic E-state index is 14.4. The molecule has 1 saturated heterocycles. The summed E-state index contributed by atoms with van der Waals surface area (Å²) in [6.07, 6.45) is 3.23. The number of benzene rings is 2. The van der Waals surface area contributed by atoms with Gasteiger partial charge in [-0.1, -0.05) is 86.7 Å². The molecule has 3 rings (SSSR count). The lowest BCUT2D eigenvalue weighted by molar-refractivity contribution is -0.144. The highest BCUT2D eigenvalue weighted by Crippen LogP contribution is 2.19. The van der Waals surface area contributed by atoms with Crippen LogP contribution in [0.2, 0.25) is 0 Å². The van der Waals surface area contributed by atoms with E-state index in [2.05, 4.69) is 43.5 Å². The number of aliphatic carboxylic acids is 2. The first-order valence-corrected chi connectivity index (χ1v) is 24.5. The number of carboxylic acids is 2. The number of amides is 7. The molecule has 0 saturated carbocycles. The second-order valence-electron chi connectivity index (χ2n) is 18.4. The van der Waals surface area contributed by atoms with E-state index in [1.807, 2.05) is 43.3 Å². The molecule has 14 N–H and O–H groups in total. The van der Waals surface area contributed by atoms with E-state index in [9.17, 15) is 63.6 Å². The number of carbonyl (C=O) groups is 9. The van der Waals surface area contributed by atoms with Crippen LogP contribution < -0.4 is 43.4 Å². The van der Waals surface area contributed by atoms with Crippen molar-refractivity contribution in [2.45, 2.75) is 114 Å². The molecule has 76 heavy (non-hydrogen) atoms. The van der Waals surface area contributed by atoms with Gasteiger partial charge in [0, 0.05) is 33.0 Å². The molecule has 1 heterocycles. The van der Waals surface area contributed by atoms with Crippen molar-refractivity contribution in [2.24, 2.45) is 28.3 Å². The van der Waals surface area contributed by atoms with Gasteiger partial charge in [0.25, 0.3) is 5.91 Å². The molecule has 1 fully saturated rings. The van der Waals surface area contributed by atoms with Crippen LogP contribution in [0.15, 0.2) is 95.7 Å². The number of allylic oxidation sites excluding steroid dienone is 2. The van der Waals surface area contributed by atoms with Crippen LogP contribution >= 0.6 is 0 Å². The molecule has 0 unspecified atom stereocenters. The predicted molar refractivity (Wildman–Crippen MR) is 278 cm³/mol. The van der Waals surface area contributed by atoms with E-state index in [4.69, 9.17) is 16.2 Å². The van der Waals surface area contributed by atoms with Crippen LogP contribution in [0.5, 0.6) is 5.75 Å². The Labute approximate surface area is 440 Å². The molecule has 0 radical (unpaired) electrons. The van der Waals surface area contributed by atoms with Gasteiger partial charge in [-0.15, -0.1) is 0 Å². The van der Waals surface area contributed by atoms with Gasteiger partial charge in [0.05, 0.1) is 31.1 Å². The fourth-order valence-electron chi connectivity index (χ4n) is 7.86. The number of aliphatic hydroxyl groups excluding tert-OH is 1. The summed E-state index contributed by atoms with van der Waals surface area (Å²) < 4.78 is 5.81. The first kappa shape index (κ1) is 62.2. The predicted octanol–water partition coefficient (Wildman–Crippen LogP) is -0.363. The summed E-state index contributed by atoms with van der Waals surface area (Å²) in [5, 5.41) is 54.9. The Morgan fingerprint density at radius 3 is 2.04 bits per heavy atom. The molecular formula is C52H72N10O14. The number of carboxylic acid groups (broad SMARTS) is 2. The summed E-state index contributed by atoms with van der Waals surface area (Å²) in [6, 6.07) is 5.88. The number of carbonyl (C=O) groups excluding carboxylic acids is 7. The number of ether oxygens (including phenoxy) is 1. The smallest absolute Gasteiger partial charge is 0.326 e. The SMILES string of the molecule is C=C1C(=O)N[C@H](CO)C(=O)N[C@@H](CCc2ccc(O)cc2)C(=O)N[C@@H](C(=O)O)CC(=O)N[C@@H](CCCN=C(N)N)C(=O)N[C@@H](/C=C/C(C)=C/[C@H](C)[C@H](Cc2ccccc2)OC)[C@H](C)C(=O)N[C@@H](C(=O)O)CCC(=O)N1C. The molecule has 0 bridgehead atoms. The van der Waals surface area contributed by atoms with Crippen LogP contribution in [-0.4, -0.2) is 154 Å². The number of guanidine groups is 1. The minimum absolute atomic E-state index is 0.00605. The number of nitrogens with zero attached hydrogens (tertiary/aromatic N) is 2. The maximum atomic E-state index is 14.4. The molecule has 24 heteroatoms. The van der Waals surface area contributed by atoms with E-state index in [0.717, 1.165) is 17.5 Å². The highest BCUT2D eigenvalue weighted by Gasteiger charge is 2.35. The monoisotopic (exact) mass is 1060 g/mol. The number of rotatable bonds is 17. The third kappa shape index (κ3) is 20.7. The highest BCUT2D eigenvalue weighted by molar-refractivity contribution is 6.00. The fraction of sp³-hybridized carbons (Fsp3) is 0.462. The van der Waals surface area contributed by atoms with Crippen molar-refractivity contribution >= 4 is 59.2 Å². The van der Waals surface area contributed by atoms with Gasteiger partial charge >= 0.3 is 11.9 Å². The first-order valence-electron chi connectivity index (χ1n) is 24.5. The molecule has 0 spiro atoms. The van der Waals surface area contributed by atoms with Crippen LogP contribution in [-0.2, 0) is 60.7 Å². The molecule has 24 nitrogen and oxygen atoms in total. The molecule has 1 aliphatic heterocycles. The number of nitrogens with one attached hydrogen (secondary N) is 6. The van der Waals surface area contributed by atoms with Gasteiger partial charge < -0.3 is 73.4 Å². The summed E-state index contributed by atoms with van der Waals surface area (Å²) in [6.45, 7) is 7.70. The van der Waals surface area contributed by atoms with Crippen LogP contribution in [0.1, 0.15) is 70.4 Å². The van der Waals surface area contributed by atoms with Crippen molar-refractivity contribution < 1.29 is 68.3 Å². The summed E-state index contributed by atoms with van der Waals surface area (Å²) >= 11 is 0. The highest BCUT2D eigenvalue weighted by atomic mass is 16.5. The Kier molecular flexibility index (Phi) is 25.3. The Morgan fingerprint density at radius 1 is 0.829 bits per heavy atom. The minimum atomic E-state index is -1.96. The van der Waals surface area contributed by atoms with Crippen molar-refractivity contribution in [3.63, 3.8) is 0 Å². The number of phenolic OH excluding ortho intramolecular Hbond substituents is 1. The summed E-state index contributed by atoms with van der Waals surface area (Å²) in [5.41, 5.74) is 12.8. The largest absolute Gasteiger partial charge is 0.508 e. The van der Waals surface area contributed by atoms with Gasteiger partial charge in [-0.2, -0.15) is 0 Å². The van der Waals surface area contributed by atoms with E-state index < -0.39 is 127 Å². The van der Waals surface area contributed by atoms with Crippen molar-refractivity contribution in [1.82, 2.24) is 36.8 Å². The lowest BCUT2D eigenvalue weighted by atomic mass is 9.94. The topological polar surface area (TPSA) is 384 Å². The number of aromatic hydroxyl groups is 1. The van der Waals surface area contributed by atoms with E-state index >= 15 is 0 Å². The minimum Gasteiger partial charge on any atom is -0.508 e. The Morgan fingerprint density at radius 2 is 1.43 bits per heavy atom. The average Bonchev–Trinajstić information content (AvgIpc) is 3.38. The molecule has 9 atom stereocenters. The second kappa shape index (κ2) is 30.9. The zero-order chi connectivity index (χ0) is 56.6. The molecular weight excluding hydrogens is 989 g/mol. The Bertz CT molecular complexity index is 2460. The zero-order valence-corrected chi connectivity index (χ0v) is 43.3. The molecule has 2 aromatic carbocycles. The first-order chi connectivity index (χ1) is 35.9. The van der Waals surface area contributed by atoms with Crippen molar-refractivity contribution in [2.75, 3.05) is 27.3 Å². The molecule has 0 aromatic heterocycles. The van der Waals surface area contributed by atoms with Crippen LogP contribution in [0.3, 0.4) is 0 Å². The Hall–Kier alpha value is -8.12. The van der Waals surface area contributed by atoms with Gasteiger partial charge in [0.2, 0.25) is 35.4 Å². The van der Waals surface area contributed by atoms with E-state index in [-0.39, 0.29) is 56.0 Å². The molecule has 7 amide bonds. The number of aliphatic hydroxyl groups is 1. The number of nitrogens with two attached hydrogens (primary N) is 2. The van der Waals surface area contributed by atoms with E-state index in [1.54, 1.807) is 20.1 Å². The summed E-state index contributed by atoms with van der Waals surface area (Å²) in [7, 11) is 2.74. The van der Waals surface area contributed by atoms with Crippen molar-refractivity contribution in [3.8, 4) is 5.75 Å². The number of hydrogen-bond donors (Lipinski definition) is 12. The molecule has 414 valence electrons. The quantitative estimate of drug-likeness (QED) is 0.0316. The average molecular weight is 1060 g/mol. The standard InChI is InChI=1S/C52H72N10O14/c1-29(25-30(2)42(76-6)26-34-11-8-7-9-12-34)14-20-36-31(3)45(67)59-39(50(72)73)22-23-44(66)62(5)32(4)46(68)61-41(28-63)49(71)58-38(21-17-33-15-18-35(64)19-16-33)48(70)60-40(51(74)75)27-43(65)56-37(47(69)57-36)13-10-24-55-52(53)54/h7-9,11-12,14-16,18-20,25,30-31,36-42,63-64H,4,10,13,17,21-24,26-28H2,1-3,5-6H3,(H,56,65)(H,57,69)(H,58,71)(H,59,67)(H,60,70)(H,61,68)(H,72,73)(H,74,75)(H4,53,54,55)/b20-14+,29-25+/t30-,31-,36-,37-,38-,39+,40+,41+,42-/m0/s1. The van der Waals surface area contributed by atoms with Gasteiger partial charge in [0.1, 0.15) is 41.7 Å².